The fraction of sp³-hybridized carbons (Fsp3) is 0.125. The Morgan fingerprint density at radius 2 is 2.00 bits per heavy atom. The summed E-state index contributed by atoms with van der Waals surface area (Å²) < 4.78 is 2.04. The predicted octanol–water partition coefficient (Wildman–Crippen LogP) is 3.91. The van der Waals surface area contributed by atoms with Gasteiger partial charge in [0.15, 0.2) is 0 Å². The van der Waals surface area contributed by atoms with Crippen molar-refractivity contribution in [2.24, 2.45) is 0 Å². The van der Waals surface area contributed by atoms with Gasteiger partial charge in [-0.2, -0.15) is 0 Å². The van der Waals surface area contributed by atoms with E-state index in [9.17, 15) is 10.1 Å². The van der Waals surface area contributed by atoms with Crippen molar-refractivity contribution in [1.29, 1.82) is 0 Å². The molecule has 0 bridgehead atoms. The number of benzene rings is 2. The number of fused-ring (bicyclic) bond motifs is 1. The molecule has 0 spiro atoms. The lowest BCUT2D eigenvalue weighted by atomic mass is 10.1. The first-order valence-corrected chi connectivity index (χ1v) is 6.42. The van der Waals surface area contributed by atoms with Crippen LogP contribution in [0.1, 0.15) is 11.1 Å². The first-order valence-electron chi connectivity index (χ1n) is 6.42. The van der Waals surface area contributed by atoms with Crippen LogP contribution >= 0.6 is 0 Å². The van der Waals surface area contributed by atoms with Crippen molar-refractivity contribution in [1.82, 2.24) is 4.57 Å². The Morgan fingerprint density at radius 1 is 1.15 bits per heavy atom. The highest BCUT2D eigenvalue weighted by molar-refractivity contribution is 5.82. The number of nitro benzene ring substituents is 1. The molecule has 0 N–H and O–H groups in total. The topological polar surface area (TPSA) is 48.1 Å². The summed E-state index contributed by atoms with van der Waals surface area (Å²) in [7, 11) is 0. The highest BCUT2D eigenvalue weighted by Gasteiger charge is 2.09. The molecule has 100 valence electrons. The van der Waals surface area contributed by atoms with Crippen LogP contribution in [-0.2, 0) is 6.54 Å². The molecule has 0 unspecified atom stereocenters. The van der Waals surface area contributed by atoms with Gasteiger partial charge < -0.3 is 4.57 Å². The summed E-state index contributed by atoms with van der Waals surface area (Å²) in [6.45, 7) is 2.77. The lowest BCUT2D eigenvalue weighted by molar-refractivity contribution is -0.384. The molecule has 0 saturated heterocycles. The Morgan fingerprint density at radius 3 is 2.75 bits per heavy atom. The molecular formula is C16H14N2O2. The zero-order valence-electron chi connectivity index (χ0n) is 11.1. The fourth-order valence-corrected chi connectivity index (χ4v) is 2.43. The van der Waals surface area contributed by atoms with E-state index in [0.717, 1.165) is 10.9 Å². The zero-order chi connectivity index (χ0) is 14.1. The van der Waals surface area contributed by atoms with E-state index in [-0.39, 0.29) is 10.6 Å². The molecule has 3 aromatic rings. The van der Waals surface area contributed by atoms with Crippen molar-refractivity contribution in [2.75, 3.05) is 0 Å². The number of hydrogen-bond acceptors (Lipinski definition) is 2. The largest absolute Gasteiger partial charge is 0.343 e. The molecule has 20 heavy (non-hydrogen) atoms. The van der Waals surface area contributed by atoms with E-state index in [1.807, 2.05) is 22.9 Å². The number of rotatable bonds is 3. The van der Waals surface area contributed by atoms with Gasteiger partial charge in [0.1, 0.15) is 0 Å². The number of aromatic nitrogens is 1. The SMILES string of the molecule is Cc1cccc(Cn2ccc3ccc([N+](=O)[O-])cc32)c1. The van der Waals surface area contributed by atoms with Crippen LogP contribution in [0.2, 0.25) is 0 Å². The molecule has 0 amide bonds. The average Bonchev–Trinajstić information content (AvgIpc) is 2.81. The van der Waals surface area contributed by atoms with E-state index in [0.29, 0.717) is 6.54 Å². The summed E-state index contributed by atoms with van der Waals surface area (Å²) in [6.07, 6.45) is 1.97. The van der Waals surface area contributed by atoms with Crippen LogP contribution < -0.4 is 0 Å². The van der Waals surface area contributed by atoms with E-state index < -0.39 is 0 Å². The maximum Gasteiger partial charge on any atom is 0.271 e. The van der Waals surface area contributed by atoms with E-state index >= 15 is 0 Å². The van der Waals surface area contributed by atoms with Crippen molar-refractivity contribution in [3.05, 3.63) is 76.0 Å². The van der Waals surface area contributed by atoms with Crippen LogP contribution in [0.15, 0.2) is 54.7 Å². The number of non-ortho nitro benzene ring substituents is 1. The Balaban J connectivity index is 2.03. The van der Waals surface area contributed by atoms with E-state index in [1.54, 1.807) is 18.2 Å². The summed E-state index contributed by atoms with van der Waals surface area (Å²) in [5, 5.41) is 11.9. The minimum Gasteiger partial charge on any atom is -0.343 e. The van der Waals surface area contributed by atoms with Gasteiger partial charge in [0.2, 0.25) is 0 Å². The van der Waals surface area contributed by atoms with Gasteiger partial charge in [-0.3, -0.25) is 10.1 Å². The number of nitro groups is 1. The molecule has 4 heteroatoms. The Labute approximate surface area is 116 Å². The number of hydrogen-bond donors (Lipinski definition) is 0. The minimum atomic E-state index is -0.358. The zero-order valence-corrected chi connectivity index (χ0v) is 11.1. The Kier molecular flexibility index (Phi) is 2.99. The molecule has 2 aromatic carbocycles. The molecule has 0 saturated carbocycles. The molecule has 4 nitrogen and oxygen atoms in total. The van der Waals surface area contributed by atoms with E-state index in [4.69, 9.17) is 0 Å². The second-order valence-electron chi connectivity index (χ2n) is 4.93. The molecule has 0 fully saturated rings. The molecule has 0 atom stereocenters. The van der Waals surface area contributed by atoms with Gasteiger partial charge in [0, 0.05) is 30.3 Å². The number of nitrogens with zero attached hydrogens (tertiary/aromatic N) is 2. The summed E-state index contributed by atoms with van der Waals surface area (Å²) >= 11 is 0. The van der Waals surface area contributed by atoms with Gasteiger partial charge in [-0.1, -0.05) is 29.8 Å². The van der Waals surface area contributed by atoms with E-state index in [2.05, 4.69) is 25.1 Å². The summed E-state index contributed by atoms with van der Waals surface area (Å²) in [5.41, 5.74) is 3.42. The lowest BCUT2D eigenvalue weighted by Crippen LogP contribution is -1.98. The maximum atomic E-state index is 10.9. The van der Waals surface area contributed by atoms with Crippen LogP contribution in [-0.4, -0.2) is 9.49 Å². The Hall–Kier alpha value is -2.62. The summed E-state index contributed by atoms with van der Waals surface area (Å²) in [4.78, 5) is 10.5. The first kappa shape index (κ1) is 12.4. The Bertz CT molecular complexity index is 790. The normalized spacial score (nSPS) is 10.8. The average molecular weight is 266 g/mol. The molecule has 3 rings (SSSR count). The fourth-order valence-electron chi connectivity index (χ4n) is 2.43. The third-order valence-corrected chi connectivity index (χ3v) is 3.40. The lowest BCUT2D eigenvalue weighted by Gasteiger charge is -2.06. The molecule has 0 aliphatic carbocycles. The molecule has 1 aromatic heterocycles. The summed E-state index contributed by atoms with van der Waals surface area (Å²) in [5.74, 6) is 0. The smallest absolute Gasteiger partial charge is 0.271 e. The molecule has 1 heterocycles. The van der Waals surface area contributed by atoms with Crippen LogP contribution in [0.5, 0.6) is 0 Å². The monoisotopic (exact) mass is 266 g/mol. The highest BCUT2D eigenvalue weighted by Crippen LogP contribution is 2.22. The standard InChI is InChI=1S/C16H14N2O2/c1-12-3-2-4-13(9-12)11-17-8-7-14-5-6-15(18(19)20)10-16(14)17/h2-10H,11H2,1H3. The third kappa shape index (κ3) is 2.28. The maximum absolute atomic E-state index is 10.9. The van der Waals surface area contributed by atoms with Crippen molar-refractivity contribution < 1.29 is 4.92 Å². The van der Waals surface area contributed by atoms with Crippen LogP contribution in [0.3, 0.4) is 0 Å². The van der Waals surface area contributed by atoms with Crippen molar-refractivity contribution >= 4 is 16.6 Å². The predicted molar refractivity (Wildman–Crippen MR) is 78.9 cm³/mol. The van der Waals surface area contributed by atoms with Crippen LogP contribution in [0.25, 0.3) is 10.9 Å². The van der Waals surface area contributed by atoms with Crippen molar-refractivity contribution in [3.8, 4) is 0 Å². The third-order valence-electron chi connectivity index (χ3n) is 3.40. The van der Waals surface area contributed by atoms with Crippen molar-refractivity contribution in [2.45, 2.75) is 13.5 Å². The molecule has 0 aliphatic heterocycles. The van der Waals surface area contributed by atoms with Gasteiger partial charge >= 0.3 is 0 Å². The molecule has 0 aliphatic rings. The molecule has 0 radical (unpaired) electrons. The van der Waals surface area contributed by atoms with Gasteiger partial charge in [-0.25, -0.2) is 0 Å². The minimum absolute atomic E-state index is 0.127. The van der Waals surface area contributed by atoms with Gasteiger partial charge in [0.25, 0.3) is 5.69 Å². The second-order valence-corrected chi connectivity index (χ2v) is 4.93. The number of aryl methyl sites for hydroxylation is 1. The highest BCUT2D eigenvalue weighted by atomic mass is 16.6. The first-order chi connectivity index (χ1) is 9.63. The van der Waals surface area contributed by atoms with Crippen LogP contribution in [0.4, 0.5) is 5.69 Å². The van der Waals surface area contributed by atoms with Crippen molar-refractivity contribution in [3.63, 3.8) is 0 Å². The summed E-state index contributed by atoms with van der Waals surface area (Å²) in [6, 6.07) is 15.2. The van der Waals surface area contributed by atoms with Gasteiger partial charge in [-0.15, -0.1) is 0 Å². The van der Waals surface area contributed by atoms with Gasteiger partial charge in [-0.05, 0) is 24.6 Å². The second kappa shape index (κ2) is 4.81. The van der Waals surface area contributed by atoms with E-state index in [1.165, 1.54) is 11.1 Å². The quantitative estimate of drug-likeness (QED) is 0.533. The molecular weight excluding hydrogens is 252 g/mol. The van der Waals surface area contributed by atoms with Gasteiger partial charge in [0.05, 0.1) is 10.4 Å². The van der Waals surface area contributed by atoms with Crippen LogP contribution in [0, 0.1) is 17.0 Å².